The van der Waals surface area contributed by atoms with Crippen LogP contribution in [0.1, 0.15) is 38.2 Å². The van der Waals surface area contributed by atoms with E-state index in [1.807, 2.05) is 11.0 Å². The first-order valence-corrected chi connectivity index (χ1v) is 6.78. The van der Waals surface area contributed by atoms with Crippen molar-refractivity contribution >= 4 is 5.91 Å². The highest BCUT2D eigenvalue weighted by Gasteiger charge is 2.24. The van der Waals surface area contributed by atoms with Crippen LogP contribution in [-0.2, 0) is 11.2 Å². The lowest BCUT2D eigenvalue weighted by atomic mass is 9.99. The number of rotatable bonds is 3. The lowest BCUT2D eigenvalue weighted by molar-refractivity contribution is -0.134. The van der Waals surface area contributed by atoms with Gasteiger partial charge in [-0.2, -0.15) is 0 Å². The topological polar surface area (TPSA) is 40.5 Å². The van der Waals surface area contributed by atoms with Gasteiger partial charge in [0.1, 0.15) is 5.75 Å². The highest BCUT2D eigenvalue weighted by molar-refractivity contribution is 5.79. The van der Waals surface area contributed by atoms with Gasteiger partial charge < -0.3 is 10.0 Å². The Bertz CT molecular complexity index is 417. The molecular weight excluding hydrogens is 226 g/mol. The van der Waals surface area contributed by atoms with E-state index in [1.54, 1.807) is 18.2 Å². The van der Waals surface area contributed by atoms with Crippen LogP contribution < -0.4 is 0 Å². The van der Waals surface area contributed by atoms with Crippen molar-refractivity contribution in [1.29, 1.82) is 0 Å². The summed E-state index contributed by atoms with van der Waals surface area (Å²) in [5, 5.41) is 9.41. The van der Waals surface area contributed by atoms with E-state index in [9.17, 15) is 9.90 Å². The molecule has 1 aromatic carbocycles. The molecule has 0 radical (unpaired) electrons. The summed E-state index contributed by atoms with van der Waals surface area (Å²) >= 11 is 0. The van der Waals surface area contributed by atoms with Crippen LogP contribution in [0.3, 0.4) is 0 Å². The molecule has 0 spiro atoms. The first-order valence-electron chi connectivity index (χ1n) is 6.78. The molecule has 0 aromatic heterocycles. The fourth-order valence-electron chi connectivity index (χ4n) is 2.70. The summed E-state index contributed by atoms with van der Waals surface area (Å²) in [6, 6.07) is 7.38. The van der Waals surface area contributed by atoms with Crippen LogP contribution in [0.5, 0.6) is 5.75 Å². The highest BCUT2D eigenvalue weighted by Crippen LogP contribution is 2.21. The Morgan fingerprint density at radius 2 is 2.28 bits per heavy atom. The van der Waals surface area contributed by atoms with Gasteiger partial charge in [-0.3, -0.25) is 4.79 Å². The van der Waals surface area contributed by atoms with E-state index in [0.717, 1.165) is 31.4 Å². The molecule has 3 nitrogen and oxygen atoms in total. The second-order valence-electron chi connectivity index (χ2n) is 4.99. The van der Waals surface area contributed by atoms with E-state index in [1.165, 1.54) is 6.42 Å². The van der Waals surface area contributed by atoms with E-state index in [-0.39, 0.29) is 11.7 Å². The van der Waals surface area contributed by atoms with Gasteiger partial charge in [0.2, 0.25) is 5.91 Å². The predicted molar refractivity (Wildman–Crippen MR) is 71.5 cm³/mol. The summed E-state index contributed by atoms with van der Waals surface area (Å²) in [4.78, 5) is 14.3. The molecule has 1 unspecified atom stereocenters. The molecule has 0 aliphatic carbocycles. The second kappa shape index (κ2) is 5.89. The minimum absolute atomic E-state index is 0.187. The Hall–Kier alpha value is -1.51. The Labute approximate surface area is 108 Å². The van der Waals surface area contributed by atoms with Crippen molar-refractivity contribution in [3.8, 4) is 5.75 Å². The molecule has 1 aliphatic heterocycles. The molecule has 1 aromatic rings. The van der Waals surface area contributed by atoms with Crippen molar-refractivity contribution in [2.75, 3.05) is 6.54 Å². The van der Waals surface area contributed by atoms with Crippen molar-refractivity contribution < 1.29 is 9.90 Å². The molecule has 1 atom stereocenters. The molecule has 3 heteroatoms. The number of hydrogen-bond acceptors (Lipinski definition) is 2. The number of benzene rings is 1. The predicted octanol–water partition coefficient (Wildman–Crippen LogP) is 2.73. The molecule has 1 fully saturated rings. The van der Waals surface area contributed by atoms with Crippen molar-refractivity contribution in [3.05, 3.63) is 29.8 Å². The lowest BCUT2D eigenvalue weighted by Crippen LogP contribution is -2.44. The summed E-state index contributed by atoms with van der Waals surface area (Å²) in [6.45, 7) is 3.03. The third-order valence-electron chi connectivity index (χ3n) is 3.68. The zero-order valence-electron chi connectivity index (χ0n) is 10.9. The molecule has 1 aliphatic rings. The number of phenols is 1. The Kier molecular flexibility index (Phi) is 4.24. The number of phenolic OH excluding ortho intramolecular Hbond substituents is 1. The number of carbonyl (C=O) groups excluding carboxylic acids is 1. The fourth-order valence-corrected chi connectivity index (χ4v) is 2.70. The minimum Gasteiger partial charge on any atom is -0.508 e. The number of likely N-dealkylation sites (tertiary alicyclic amines) is 1. The van der Waals surface area contributed by atoms with Crippen LogP contribution in [0, 0.1) is 0 Å². The summed E-state index contributed by atoms with van der Waals surface area (Å²) < 4.78 is 0. The first kappa shape index (κ1) is 12.9. The standard InChI is InChI=1S/C15H21NO2/c1-2-13-7-3-4-9-16(13)15(18)11-12-6-5-8-14(17)10-12/h5-6,8,10,13,17H,2-4,7,9,11H2,1H3. The third-order valence-corrected chi connectivity index (χ3v) is 3.68. The highest BCUT2D eigenvalue weighted by atomic mass is 16.3. The minimum atomic E-state index is 0.187. The molecule has 0 saturated carbocycles. The molecular formula is C15H21NO2. The maximum absolute atomic E-state index is 12.3. The molecule has 1 N–H and O–H groups in total. The van der Waals surface area contributed by atoms with Crippen molar-refractivity contribution in [2.45, 2.75) is 45.1 Å². The fraction of sp³-hybridized carbons (Fsp3) is 0.533. The van der Waals surface area contributed by atoms with Gasteiger partial charge in [-0.25, -0.2) is 0 Å². The summed E-state index contributed by atoms with van der Waals surface area (Å²) in [5.41, 5.74) is 0.889. The van der Waals surface area contributed by atoms with Gasteiger partial charge in [0.05, 0.1) is 6.42 Å². The molecule has 18 heavy (non-hydrogen) atoms. The van der Waals surface area contributed by atoms with Gasteiger partial charge in [-0.1, -0.05) is 19.1 Å². The number of amides is 1. The van der Waals surface area contributed by atoms with Gasteiger partial charge >= 0.3 is 0 Å². The monoisotopic (exact) mass is 247 g/mol. The number of carbonyl (C=O) groups is 1. The maximum atomic E-state index is 12.3. The Morgan fingerprint density at radius 1 is 1.44 bits per heavy atom. The maximum Gasteiger partial charge on any atom is 0.227 e. The third kappa shape index (κ3) is 3.03. The van der Waals surface area contributed by atoms with Crippen molar-refractivity contribution in [2.24, 2.45) is 0 Å². The average Bonchev–Trinajstić information content (AvgIpc) is 2.38. The number of nitrogens with zero attached hydrogens (tertiary/aromatic N) is 1. The Morgan fingerprint density at radius 3 is 3.00 bits per heavy atom. The zero-order chi connectivity index (χ0) is 13.0. The zero-order valence-corrected chi connectivity index (χ0v) is 10.9. The molecule has 2 rings (SSSR count). The summed E-state index contributed by atoms with van der Waals surface area (Å²) in [7, 11) is 0. The summed E-state index contributed by atoms with van der Waals surface area (Å²) in [5.74, 6) is 0.415. The van der Waals surface area contributed by atoms with E-state index in [2.05, 4.69) is 6.92 Å². The van der Waals surface area contributed by atoms with Crippen LogP contribution in [0.25, 0.3) is 0 Å². The largest absolute Gasteiger partial charge is 0.508 e. The van der Waals surface area contributed by atoms with Gasteiger partial charge in [0, 0.05) is 12.6 Å². The number of hydrogen-bond donors (Lipinski definition) is 1. The van der Waals surface area contributed by atoms with Crippen molar-refractivity contribution in [1.82, 2.24) is 4.90 Å². The number of aromatic hydroxyl groups is 1. The molecule has 1 amide bonds. The lowest BCUT2D eigenvalue weighted by Gasteiger charge is -2.35. The van der Waals surface area contributed by atoms with Crippen LogP contribution in [0.2, 0.25) is 0 Å². The van der Waals surface area contributed by atoms with Gasteiger partial charge in [0.25, 0.3) is 0 Å². The van der Waals surface area contributed by atoms with Gasteiger partial charge in [-0.15, -0.1) is 0 Å². The Balaban J connectivity index is 2.02. The summed E-state index contributed by atoms with van der Waals surface area (Å²) in [6.07, 6.45) is 4.90. The van der Waals surface area contributed by atoms with Gasteiger partial charge in [0.15, 0.2) is 0 Å². The molecule has 1 heterocycles. The van der Waals surface area contributed by atoms with E-state index in [0.29, 0.717) is 12.5 Å². The van der Waals surface area contributed by atoms with E-state index in [4.69, 9.17) is 0 Å². The smallest absolute Gasteiger partial charge is 0.227 e. The second-order valence-corrected chi connectivity index (χ2v) is 4.99. The van der Waals surface area contributed by atoms with Gasteiger partial charge in [-0.05, 0) is 43.4 Å². The first-order chi connectivity index (χ1) is 8.70. The van der Waals surface area contributed by atoms with Crippen LogP contribution in [0.4, 0.5) is 0 Å². The van der Waals surface area contributed by atoms with Crippen LogP contribution >= 0.6 is 0 Å². The quantitative estimate of drug-likeness (QED) is 0.892. The average molecular weight is 247 g/mol. The number of piperidine rings is 1. The SMILES string of the molecule is CCC1CCCCN1C(=O)Cc1cccc(O)c1. The van der Waals surface area contributed by atoms with Crippen LogP contribution in [-0.4, -0.2) is 28.5 Å². The normalized spacial score (nSPS) is 19.8. The van der Waals surface area contributed by atoms with Crippen LogP contribution in [0.15, 0.2) is 24.3 Å². The molecule has 98 valence electrons. The van der Waals surface area contributed by atoms with E-state index < -0.39 is 0 Å². The molecule has 1 saturated heterocycles. The molecule has 0 bridgehead atoms. The van der Waals surface area contributed by atoms with E-state index >= 15 is 0 Å². The van der Waals surface area contributed by atoms with Crippen molar-refractivity contribution in [3.63, 3.8) is 0 Å².